The van der Waals surface area contributed by atoms with Gasteiger partial charge in [-0.3, -0.25) is 9.79 Å². The summed E-state index contributed by atoms with van der Waals surface area (Å²) in [6.07, 6.45) is -3.48. The second-order valence-corrected chi connectivity index (χ2v) is 11.9. The van der Waals surface area contributed by atoms with Crippen molar-refractivity contribution in [3.8, 4) is 5.75 Å². The number of ether oxygens (including phenoxy) is 2. The molecule has 3 aromatic rings. The Morgan fingerprint density at radius 3 is 2.17 bits per heavy atom. The van der Waals surface area contributed by atoms with Crippen LogP contribution in [0.15, 0.2) is 81.7 Å². The maximum absolute atomic E-state index is 12.4. The lowest BCUT2D eigenvalue weighted by Crippen LogP contribution is -2.73. The zero-order chi connectivity index (χ0) is 41.0. The molecule has 18 heteroatoms. The van der Waals surface area contributed by atoms with Gasteiger partial charge in [-0.25, -0.2) is 15.2 Å². The summed E-state index contributed by atoms with van der Waals surface area (Å²) in [5.41, 5.74) is 9.01. The van der Waals surface area contributed by atoms with Crippen LogP contribution in [0.5, 0.6) is 5.75 Å². The fourth-order valence-electron chi connectivity index (χ4n) is 3.77. The standard InChI is InChI=1S/C30H37ClN6O4.C4H6F3NO.CH5N.CH2O/c1-30(2,20-38)19-35-28(39)22-6-8-24(9-7-22)36-29(32-3)34-18-21-5-14-27(26(31)17-21)41-16-4-15-33-23-10-12-25(37-40)13-11-23;1-8-3-9-2-4(5,6)7;2*1-2/h5-14,17,33,37-38,40H,3-4,15-16,18-20H2,1-2H3,(H,34,36)(H,35,39);1-3H2;2H2,1H3;1H2/p+1. The van der Waals surface area contributed by atoms with Crippen molar-refractivity contribution in [2.45, 2.75) is 33.0 Å². The number of nitrogens with zero attached hydrogens (tertiary/aromatic N) is 3. The zero-order valence-corrected chi connectivity index (χ0v) is 31.4. The van der Waals surface area contributed by atoms with Crippen molar-refractivity contribution in [3.63, 3.8) is 0 Å². The molecule has 3 aromatic carbocycles. The van der Waals surface area contributed by atoms with Gasteiger partial charge in [0.1, 0.15) is 25.9 Å². The SMILES string of the molecule is C=NC(=NCc1ccc(OCCCNc2ccc([NH2+]O)cc2)c(Cl)c1)Nc1ccc(C(=O)NCC(C)(C)CO)cc1.C=NCOCC(F)(F)F.C=O.CN. The molecule has 0 saturated heterocycles. The molecule has 3 rings (SSSR count). The second-order valence-electron chi connectivity index (χ2n) is 11.5. The molecule has 1 amide bonds. The third kappa shape index (κ3) is 21.6. The number of aliphatic imine (C=N–C) groups is 3. The lowest BCUT2D eigenvalue weighted by Gasteiger charge is -2.21. The van der Waals surface area contributed by atoms with E-state index in [9.17, 15) is 23.1 Å². The molecule has 14 nitrogen and oxygen atoms in total. The van der Waals surface area contributed by atoms with Gasteiger partial charge in [0, 0.05) is 54.2 Å². The van der Waals surface area contributed by atoms with Crippen molar-refractivity contribution in [1.29, 1.82) is 0 Å². The predicted octanol–water partition coefficient (Wildman–Crippen LogP) is 4.84. The number of nitrogens with one attached hydrogen (secondary N) is 3. The van der Waals surface area contributed by atoms with Crippen LogP contribution in [-0.2, 0) is 16.1 Å². The number of quaternary nitrogens is 1. The van der Waals surface area contributed by atoms with Crippen molar-refractivity contribution < 1.29 is 48.0 Å². The first-order valence-electron chi connectivity index (χ1n) is 16.2. The Kier molecular flexibility index (Phi) is 25.1. The summed E-state index contributed by atoms with van der Waals surface area (Å²) < 4.78 is 43.4. The fourth-order valence-corrected chi connectivity index (χ4v) is 4.02. The molecule has 0 aliphatic heterocycles. The van der Waals surface area contributed by atoms with Crippen LogP contribution in [0.2, 0.25) is 5.02 Å². The first-order chi connectivity index (χ1) is 25.8. The number of hydrogen-bond donors (Lipinski definition) is 7. The molecule has 0 aromatic heterocycles. The normalized spacial score (nSPS) is 10.9. The molecule has 0 atom stereocenters. The Morgan fingerprint density at radius 2 is 1.63 bits per heavy atom. The average Bonchev–Trinajstić information content (AvgIpc) is 3.18. The van der Waals surface area contributed by atoms with Crippen molar-refractivity contribution in [2.24, 2.45) is 26.1 Å². The van der Waals surface area contributed by atoms with E-state index >= 15 is 0 Å². The summed E-state index contributed by atoms with van der Waals surface area (Å²) in [5.74, 6) is 0.727. The van der Waals surface area contributed by atoms with E-state index in [0.29, 0.717) is 47.7 Å². The molecule has 0 aliphatic rings. The number of aliphatic hydroxyl groups excluding tert-OH is 1. The summed E-state index contributed by atoms with van der Waals surface area (Å²) >= 11 is 6.43. The molecule has 0 radical (unpaired) electrons. The van der Waals surface area contributed by atoms with Gasteiger partial charge in [-0.15, -0.1) is 0 Å². The molecule has 0 saturated carbocycles. The summed E-state index contributed by atoms with van der Waals surface area (Å²) in [5, 5.41) is 28.1. The molecule has 9 N–H and O–H groups in total. The molecular formula is C36H51ClF3N8O6+. The minimum atomic E-state index is -4.26. The smallest absolute Gasteiger partial charge is 0.411 e. The Bertz CT molecular complexity index is 1550. The van der Waals surface area contributed by atoms with E-state index in [2.05, 4.69) is 54.8 Å². The molecule has 298 valence electrons. The van der Waals surface area contributed by atoms with E-state index in [-0.39, 0.29) is 24.7 Å². The van der Waals surface area contributed by atoms with Gasteiger partial charge in [-0.2, -0.15) is 18.7 Å². The Hall–Kier alpha value is -4.91. The van der Waals surface area contributed by atoms with Crippen LogP contribution in [0.25, 0.3) is 0 Å². The maximum atomic E-state index is 12.4. The topological polar surface area (TPSA) is 209 Å². The quantitative estimate of drug-likeness (QED) is 0.0328. The highest BCUT2D eigenvalue weighted by Gasteiger charge is 2.27. The predicted molar refractivity (Wildman–Crippen MR) is 207 cm³/mol. The van der Waals surface area contributed by atoms with Crippen LogP contribution < -0.4 is 31.9 Å². The van der Waals surface area contributed by atoms with Gasteiger partial charge < -0.3 is 41.1 Å². The summed E-state index contributed by atoms with van der Waals surface area (Å²) in [6.45, 7) is 12.6. The van der Waals surface area contributed by atoms with Gasteiger partial charge >= 0.3 is 6.18 Å². The number of amides is 1. The highest BCUT2D eigenvalue weighted by atomic mass is 35.5. The van der Waals surface area contributed by atoms with Crippen LogP contribution in [-0.4, -0.2) is 95.3 Å². The number of benzene rings is 3. The monoisotopic (exact) mass is 783 g/mol. The molecule has 54 heavy (non-hydrogen) atoms. The van der Waals surface area contributed by atoms with E-state index in [4.69, 9.17) is 26.3 Å². The highest BCUT2D eigenvalue weighted by Crippen LogP contribution is 2.26. The van der Waals surface area contributed by atoms with Crippen molar-refractivity contribution in [2.75, 3.05) is 57.3 Å². The number of carbonyl (C=O) groups is 2. The number of rotatable bonds is 17. The van der Waals surface area contributed by atoms with Crippen LogP contribution in [0.1, 0.15) is 36.2 Å². The van der Waals surface area contributed by atoms with Crippen LogP contribution >= 0.6 is 11.6 Å². The number of alkyl halides is 3. The lowest BCUT2D eigenvalue weighted by molar-refractivity contribution is -0.825. The summed E-state index contributed by atoms with van der Waals surface area (Å²) in [7, 11) is 1.50. The minimum absolute atomic E-state index is 0.0154. The van der Waals surface area contributed by atoms with Crippen LogP contribution in [0.4, 0.5) is 30.2 Å². The molecule has 0 fully saturated rings. The van der Waals surface area contributed by atoms with Crippen LogP contribution in [0, 0.1) is 5.41 Å². The largest absolute Gasteiger partial charge is 0.492 e. The Labute approximate surface area is 318 Å². The van der Waals surface area contributed by atoms with E-state index in [1.54, 1.807) is 24.3 Å². The molecule has 0 bridgehead atoms. The number of guanidine groups is 1. The number of anilines is 2. The first kappa shape index (κ1) is 49.1. The maximum Gasteiger partial charge on any atom is 0.411 e. The number of halogens is 4. The van der Waals surface area contributed by atoms with Crippen molar-refractivity contribution in [3.05, 3.63) is 82.9 Å². The minimum Gasteiger partial charge on any atom is -0.492 e. The van der Waals surface area contributed by atoms with Gasteiger partial charge in [-0.05, 0) is 81.0 Å². The van der Waals surface area contributed by atoms with Gasteiger partial charge in [0.15, 0.2) is 5.69 Å². The van der Waals surface area contributed by atoms with Crippen LogP contribution in [0.3, 0.4) is 0 Å². The van der Waals surface area contributed by atoms with E-state index in [1.807, 2.05) is 63.1 Å². The number of aliphatic hydroxyl groups is 1. The Morgan fingerprint density at radius 1 is 1.00 bits per heavy atom. The average molecular weight is 784 g/mol. The molecule has 0 spiro atoms. The molecular weight excluding hydrogens is 733 g/mol. The zero-order valence-electron chi connectivity index (χ0n) is 30.7. The Balaban J connectivity index is 0.00000187. The van der Waals surface area contributed by atoms with Gasteiger partial charge in [0.05, 0.1) is 18.2 Å². The van der Waals surface area contributed by atoms with E-state index < -0.39 is 12.8 Å². The van der Waals surface area contributed by atoms with Gasteiger partial charge in [-0.1, -0.05) is 31.5 Å². The number of nitrogens with two attached hydrogens (primary N) is 2. The molecule has 0 unspecified atom stereocenters. The third-order valence-corrected chi connectivity index (χ3v) is 6.83. The van der Waals surface area contributed by atoms with Gasteiger partial charge in [0.25, 0.3) is 5.91 Å². The number of carbonyl (C=O) groups excluding carboxylic acids is 2. The van der Waals surface area contributed by atoms with Gasteiger partial charge in [0.2, 0.25) is 5.96 Å². The van der Waals surface area contributed by atoms with E-state index in [0.717, 1.165) is 35.4 Å². The number of hydrogen-bond acceptors (Lipinski definition) is 10. The first-order valence-corrected chi connectivity index (χ1v) is 16.6. The van der Waals surface area contributed by atoms with E-state index in [1.165, 1.54) is 7.05 Å². The summed E-state index contributed by atoms with van der Waals surface area (Å²) in [4.78, 5) is 31.9. The summed E-state index contributed by atoms with van der Waals surface area (Å²) in [6, 6.07) is 19.9. The molecule has 0 aliphatic carbocycles. The lowest BCUT2D eigenvalue weighted by atomic mass is 9.95. The second kappa shape index (κ2) is 27.7. The van der Waals surface area contributed by atoms with Crippen molar-refractivity contribution >= 4 is 60.8 Å². The third-order valence-electron chi connectivity index (χ3n) is 6.53. The fraction of sp³-hybridized carbons (Fsp3) is 0.361. The molecule has 0 heterocycles. The van der Waals surface area contributed by atoms with Crippen molar-refractivity contribution in [1.82, 2.24) is 5.32 Å². The highest BCUT2D eigenvalue weighted by molar-refractivity contribution is 6.32.